The number of phenolic OH excluding ortho intramolecular Hbond substituents is 1. The van der Waals surface area contributed by atoms with Crippen molar-refractivity contribution < 1.29 is 19.4 Å². The van der Waals surface area contributed by atoms with Crippen molar-refractivity contribution in [3.63, 3.8) is 0 Å². The first-order chi connectivity index (χ1) is 11.9. The summed E-state index contributed by atoms with van der Waals surface area (Å²) in [6.07, 6.45) is 0. The molecule has 0 atom stereocenters. The van der Waals surface area contributed by atoms with E-state index in [0.29, 0.717) is 27.8 Å². The standard InChI is InChI=1S/C17H16Cl2N2O4/c1-10(14-7-11(18)8-15(19)17(14)23)20-21-16(22)9-25-13-5-3-12(24-2)4-6-13/h3-8,23H,9H2,1-2H3,(H,21,22)/b20-10+. The van der Waals surface area contributed by atoms with Crippen molar-refractivity contribution in [2.75, 3.05) is 13.7 Å². The predicted molar refractivity (Wildman–Crippen MR) is 97.0 cm³/mol. The number of nitrogens with zero attached hydrogens (tertiary/aromatic N) is 1. The molecular weight excluding hydrogens is 367 g/mol. The SMILES string of the molecule is COc1ccc(OCC(=O)N/N=C(\C)c2cc(Cl)cc(Cl)c2O)cc1. The summed E-state index contributed by atoms with van der Waals surface area (Å²) < 4.78 is 10.4. The molecule has 2 aromatic rings. The van der Waals surface area contributed by atoms with Crippen LogP contribution >= 0.6 is 23.2 Å². The average molecular weight is 383 g/mol. The van der Waals surface area contributed by atoms with Crippen LogP contribution in [0.15, 0.2) is 41.5 Å². The topological polar surface area (TPSA) is 80.2 Å². The van der Waals surface area contributed by atoms with Crippen molar-refractivity contribution in [3.05, 3.63) is 52.0 Å². The van der Waals surface area contributed by atoms with E-state index < -0.39 is 5.91 Å². The maximum Gasteiger partial charge on any atom is 0.277 e. The molecular formula is C17H16Cl2N2O4. The van der Waals surface area contributed by atoms with Gasteiger partial charge in [-0.1, -0.05) is 23.2 Å². The molecule has 2 N–H and O–H groups in total. The quantitative estimate of drug-likeness (QED) is 0.590. The number of amides is 1. The summed E-state index contributed by atoms with van der Waals surface area (Å²) in [6.45, 7) is 1.39. The summed E-state index contributed by atoms with van der Waals surface area (Å²) in [6, 6.07) is 9.74. The normalized spacial score (nSPS) is 11.1. The summed E-state index contributed by atoms with van der Waals surface area (Å²) in [7, 11) is 1.56. The Kier molecular flexibility index (Phi) is 6.50. The van der Waals surface area contributed by atoms with Gasteiger partial charge >= 0.3 is 0 Å². The third-order valence-corrected chi connectivity index (χ3v) is 3.70. The first-order valence-electron chi connectivity index (χ1n) is 7.19. The fraction of sp³-hybridized carbons (Fsp3) is 0.176. The van der Waals surface area contributed by atoms with Crippen molar-refractivity contribution in [2.45, 2.75) is 6.92 Å². The van der Waals surface area contributed by atoms with Gasteiger partial charge in [-0.2, -0.15) is 5.10 Å². The Labute approximate surface area is 155 Å². The summed E-state index contributed by atoms with van der Waals surface area (Å²) in [4.78, 5) is 11.8. The number of hydrogen-bond donors (Lipinski definition) is 2. The Morgan fingerprint density at radius 3 is 2.48 bits per heavy atom. The van der Waals surface area contributed by atoms with Gasteiger partial charge in [0.2, 0.25) is 0 Å². The first kappa shape index (κ1) is 18.9. The lowest BCUT2D eigenvalue weighted by molar-refractivity contribution is -0.123. The van der Waals surface area contributed by atoms with Gasteiger partial charge in [-0.25, -0.2) is 5.43 Å². The summed E-state index contributed by atoms with van der Waals surface area (Å²) in [5, 5.41) is 14.3. The zero-order valence-corrected chi connectivity index (χ0v) is 15.1. The fourth-order valence-electron chi connectivity index (χ4n) is 1.90. The molecule has 0 spiro atoms. The second-order valence-corrected chi connectivity index (χ2v) is 5.82. The van der Waals surface area contributed by atoms with Gasteiger partial charge in [0.1, 0.15) is 17.2 Å². The van der Waals surface area contributed by atoms with E-state index in [9.17, 15) is 9.90 Å². The lowest BCUT2D eigenvalue weighted by Crippen LogP contribution is -2.25. The van der Waals surface area contributed by atoms with Crippen LogP contribution in [0.5, 0.6) is 17.2 Å². The second kappa shape index (κ2) is 8.60. The smallest absolute Gasteiger partial charge is 0.277 e. The van der Waals surface area contributed by atoms with Gasteiger partial charge in [-0.3, -0.25) is 4.79 Å². The lowest BCUT2D eigenvalue weighted by Gasteiger charge is -2.08. The maximum absolute atomic E-state index is 11.8. The zero-order valence-electron chi connectivity index (χ0n) is 13.5. The third kappa shape index (κ3) is 5.27. The van der Waals surface area contributed by atoms with Gasteiger partial charge in [0.25, 0.3) is 5.91 Å². The maximum atomic E-state index is 11.8. The number of rotatable bonds is 6. The van der Waals surface area contributed by atoms with Crippen molar-refractivity contribution in [1.82, 2.24) is 5.43 Å². The summed E-state index contributed by atoms with van der Waals surface area (Å²) >= 11 is 11.8. The van der Waals surface area contributed by atoms with Crippen molar-refractivity contribution in [1.29, 1.82) is 0 Å². The fourth-order valence-corrected chi connectivity index (χ4v) is 2.39. The van der Waals surface area contributed by atoms with Gasteiger partial charge in [0, 0.05) is 10.6 Å². The molecule has 0 saturated heterocycles. The number of hydrogen-bond acceptors (Lipinski definition) is 5. The Bertz CT molecular complexity index is 792. The number of carbonyl (C=O) groups is 1. The van der Waals surface area contributed by atoms with E-state index >= 15 is 0 Å². The number of aromatic hydroxyl groups is 1. The molecule has 0 aliphatic carbocycles. The van der Waals surface area contributed by atoms with Gasteiger partial charge < -0.3 is 14.6 Å². The van der Waals surface area contributed by atoms with Crippen LogP contribution in [0, 0.1) is 0 Å². The molecule has 0 aromatic heterocycles. The molecule has 2 aromatic carbocycles. The number of methoxy groups -OCH3 is 1. The van der Waals surface area contributed by atoms with Gasteiger partial charge in [0.05, 0.1) is 17.8 Å². The molecule has 0 aliphatic rings. The highest BCUT2D eigenvalue weighted by atomic mass is 35.5. The molecule has 1 amide bonds. The molecule has 8 heteroatoms. The molecule has 0 bridgehead atoms. The van der Waals surface area contributed by atoms with Gasteiger partial charge in [-0.05, 0) is 43.3 Å². The Balaban J connectivity index is 1.95. The summed E-state index contributed by atoms with van der Waals surface area (Å²) in [5.74, 6) is 0.603. The van der Waals surface area contributed by atoms with Crippen LogP contribution in [0.3, 0.4) is 0 Å². The van der Waals surface area contributed by atoms with E-state index in [1.54, 1.807) is 38.3 Å². The van der Waals surface area contributed by atoms with Crippen LogP contribution in [-0.4, -0.2) is 30.4 Å². The highest BCUT2D eigenvalue weighted by molar-refractivity contribution is 6.36. The van der Waals surface area contributed by atoms with Gasteiger partial charge in [-0.15, -0.1) is 0 Å². The third-order valence-electron chi connectivity index (χ3n) is 3.20. The predicted octanol–water partition coefficient (Wildman–Crippen LogP) is 3.63. The number of hydrazone groups is 1. The van der Waals surface area contributed by atoms with E-state index in [1.165, 1.54) is 12.1 Å². The lowest BCUT2D eigenvalue weighted by atomic mass is 10.1. The minimum Gasteiger partial charge on any atom is -0.506 e. The molecule has 0 unspecified atom stereocenters. The number of benzene rings is 2. The Morgan fingerprint density at radius 1 is 1.20 bits per heavy atom. The van der Waals surface area contributed by atoms with Crippen LogP contribution in [0.2, 0.25) is 10.0 Å². The molecule has 0 saturated carbocycles. The number of nitrogens with one attached hydrogen (secondary N) is 1. The van der Waals surface area contributed by atoms with E-state index in [4.69, 9.17) is 32.7 Å². The molecule has 0 radical (unpaired) electrons. The number of phenols is 1. The zero-order chi connectivity index (χ0) is 18.4. The van der Waals surface area contributed by atoms with Crippen LogP contribution < -0.4 is 14.9 Å². The highest BCUT2D eigenvalue weighted by Gasteiger charge is 2.11. The minimum atomic E-state index is -0.456. The first-order valence-corrected chi connectivity index (χ1v) is 7.94. The largest absolute Gasteiger partial charge is 0.506 e. The highest BCUT2D eigenvalue weighted by Crippen LogP contribution is 2.31. The van der Waals surface area contributed by atoms with Crippen LogP contribution in [0.4, 0.5) is 0 Å². The molecule has 25 heavy (non-hydrogen) atoms. The molecule has 0 aliphatic heterocycles. The van der Waals surface area contributed by atoms with E-state index in [2.05, 4.69) is 10.5 Å². The number of carbonyl (C=O) groups excluding carboxylic acids is 1. The van der Waals surface area contributed by atoms with E-state index in [-0.39, 0.29) is 17.4 Å². The van der Waals surface area contributed by atoms with Crippen LogP contribution in [0.1, 0.15) is 12.5 Å². The number of halogens is 2. The van der Waals surface area contributed by atoms with Crippen LogP contribution in [0.25, 0.3) is 0 Å². The monoisotopic (exact) mass is 382 g/mol. The second-order valence-electron chi connectivity index (χ2n) is 4.98. The molecule has 2 rings (SSSR count). The molecule has 6 nitrogen and oxygen atoms in total. The van der Waals surface area contributed by atoms with Gasteiger partial charge in [0.15, 0.2) is 6.61 Å². The van der Waals surface area contributed by atoms with Crippen molar-refractivity contribution >= 4 is 34.8 Å². The summed E-state index contributed by atoms with van der Waals surface area (Å²) in [5.41, 5.74) is 3.02. The molecule has 132 valence electrons. The molecule has 0 fully saturated rings. The van der Waals surface area contributed by atoms with E-state index in [1.807, 2.05) is 0 Å². The molecule has 0 heterocycles. The number of ether oxygens (including phenoxy) is 2. The average Bonchev–Trinajstić information content (AvgIpc) is 2.61. The van der Waals surface area contributed by atoms with Crippen molar-refractivity contribution in [3.8, 4) is 17.2 Å². The van der Waals surface area contributed by atoms with Crippen LogP contribution in [-0.2, 0) is 4.79 Å². The Hall–Kier alpha value is -2.44. The Morgan fingerprint density at radius 2 is 1.84 bits per heavy atom. The minimum absolute atomic E-state index is 0.103. The van der Waals surface area contributed by atoms with Crippen molar-refractivity contribution in [2.24, 2.45) is 5.10 Å². The van der Waals surface area contributed by atoms with E-state index in [0.717, 1.165) is 0 Å².